The van der Waals surface area contributed by atoms with E-state index in [4.69, 9.17) is 21.7 Å². The fourth-order valence-corrected chi connectivity index (χ4v) is 4.38. The summed E-state index contributed by atoms with van der Waals surface area (Å²) in [7, 11) is 0. The van der Waals surface area contributed by atoms with Crippen LogP contribution >= 0.6 is 12.2 Å². The molecule has 1 aromatic carbocycles. The van der Waals surface area contributed by atoms with Crippen molar-refractivity contribution in [1.82, 2.24) is 15.3 Å². The number of H-pyrrole nitrogens is 1. The molecule has 0 saturated carbocycles. The van der Waals surface area contributed by atoms with E-state index in [2.05, 4.69) is 40.1 Å². The Kier molecular flexibility index (Phi) is 3.98. The molecule has 1 saturated heterocycles. The molecule has 0 bridgehead atoms. The average molecular weight is 392 g/mol. The standard InChI is InChI=1S/C21H20N4O2S/c1-12-9-15(13(2)23-12)20-19(16-5-3-4-8-22-16)24-21(28)25(20)14-6-7-17-18(10-14)27-11-26-17/h3-10,19-20,23H,11H2,1-2H3,(H,24,28)/t19-,20+/m0/s1. The van der Waals surface area contributed by atoms with Crippen LogP contribution in [0, 0.1) is 13.8 Å². The molecule has 3 aromatic rings. The predicted octanol–water partition coefficient (Wildman–Crippen LogP) is 3.93. The van der Waals surface area contributed by atoms with Gasteiger partial charge >= 0.3 is 0 Å². The van der Waals surface area contributed by atoms with Crippen molar-refractivity contribution in [1.29, 1.82) is 0 Å². The van der Waals surface area contributed by atoms with E-state index in [1.165, 1.54) is 5.56 Å². The summed E-state index contributed by atoms with van der Waals surface area (Å²) >= 11 is 5.76. The number of thiocarbonyl (C=S) groups is 1. The van der Waals surface area contributed by atoms with Crippen molar-refractivity contribution in [2.75, 3.05) is 11.7 Å². The van der Waals surface area contributed by atoms with Crippen LogP contribution in [0.25, 0.3) is 0 Å². The highest BCUT2D eigenvalue weighted by Crippen LogP contribution is 2.45. The molecule has 0 spiro atoms. The Morgan fingerprint density at radius 3 is 2.71 bits per heavy atom. The Bertz CT molecular complexity index is 1050. The highest BCUT2D eigenvalue weighted by Gasteiger charge is 2.42. The van der Waals surface area contributed by atoms with E-state index < -0.39 is 0 Å². The van der Waals surface area contributed by atoms with Crippen LogP contribution in [0.1, 0.15) is 34.7 Å². The number of nitrogens with one attached hydrogen (secondary N) is 2. The van der Waals surface area contributed by atoms with Crippen molar-refractivity contribution in [3.05, 3.63) is 71.3 Å². The molecule has 2 atom stereocenters. The third-order valence-electron chi connectivity index (χ3n) is 5.24. The summed E-state index contributed by atoms with van der Waals surface area (Å²) in [6.07, 6.45) is 1.82. The van der Waals surface area contributed by atoms with Gasteiger partial charge in [-0.1, -0.05) is 6.07 Å². The van der Waals surface area contributed by atoms with Gasteiger partial charge in [-0.15, -0.1) is 0 Å². The van der Waals surface area contributed by atoms with Gasteiger partial charge in [0.05, 0.1) is 17.8 Å². The van der Waals surface area contributed by atoms with Crippen molar-refractivity contribution >= 4 is 23.0 Å². The van der Waals surface area contributed by atoms with Crippen molar-refractivity contribution in [2.24, 2.45) is 0 Å². The molecule has 7 heteroatoms. The first kappa shape index (κ1) is 17.1. The molecule has 0 amide bonds. The Labute approximate surface area is 168 Å². The minimum atomic E-state index is -0.0620. The van der Waals surface area contributed by atoms with E-state index >= 15 is 0 Å². The van der Waals surface area contributed by atoms with Gasteiger partial charge in [0.2, 0.25) is 6.79 Å². The fraction of sp³-hybridized carbons (Fsp3) is 0.238. The van der Waals surface area contributed by atoms with Crippen LogP contribution in [0.2, 0.25) is 0 Å². The van der Waals surface area contributed by atoms with Crippen molar-refractivity contribution < 1.29 is 9.47 Å². The highest BCUT2D eigenvalue weighted by molar-refractivity contribution is 7.80. The van der Waals surface area contributed by atoms with Gasteiger partial charge in [0, 0.05) is 29.3 Å². The number of fused-ring (bicyclic) bond motifs is 1. The summed E-state index contributed by atoms with van der Waals surface area (Å²) in [6, 6.07) is 14.0. The maximum atomic E-state index is 5.76. The van der Waals surface area contributed by atoms with E-state index in [-0.39, 0.29) is 18.9 Å². The zero-order chi connectivity index (χ0) is 19.3. The molecule has 0 aliphatic carbocycles. The SMILES string of the molecule is Cc1cc([C@@H]2[C@H](c3ccccn3)NC(=S)N2c2ccc3c(c2)OCO3)c(C)[nH]1. The quantitative estimate of drug-likeness (QED) is 0.659. The molecule has 0 unspecified atom stereocenters. The highest BCUT2D eigenvalue weighted by atomic mass is 32.1. The molecule has 1 fully saturated rings. The monoisotopic (exact) mass is 392 g/mol. The second-order valence-electron chi connectivity index (χ2n) is 7.07. The number of aromatic nitrogens is 2. The summed E-state index contributed by atoms with van der Waals surface area (Å²) in [5.41, 5.74) is 5.36. The van der Waals surface area contributed by atoms with Crippen LogP contribution in [0.5, 0.6) is 11.5 Å². The molecule has 4 heterocycles. The lowest BCUT2D eigenvalue weighted by molar-refractivity contribution is 0.174. The largest absolute Gasteiger partial charge is 0.454 e. The van der Waals surface area contributed by atoms with Crippen LogP contribution < -0.4 is 19.7 Å². The molecule has 142 valence electrons. The molecule has 5 rings (SSSR count). The Balaban J connectivity index is 1.64. The predicted molar refractivity (Wildman–Crippen MR) is 111 cm³/mol. The van der Waals surface area contributed by atoms with Gasteiger partial charge in [0.1, 0.15) is 0 Å². The summed E-state index contributed by atoms with van der Waals surface area (Å²) in [5, 5.41) is 4.15. The molecule has 2 aliphatic heterocycles. The molecular weight excluding hydrogens is 372 g/mol. The normalized spacial score (nSPS) is 20.5. The van der Waals surface area contributed by atoms with Crippen LogP contribution in [0.4, 0.5) is 5.69 Å². The van der Waals surface area contributed by atoms with Gasteiger partial charge in [0.15, 0.2) is 16.6 Å². The minimum Gasteiger partial charge on any atom is -0.454 e. The number of benzene rings is 1. The molecule has 6 nitrogen and oxygen atoms in total. The lowest BCUT2D eigenvalue weighted by Gasteiger charge is -2.28. The zero-order valence-corrected chi connectivity index (χ0v) is 16.4. The van der Waals surface area contributed by atoms with Crippen LogP contribution in [0.3, 0.4) is 0 Å². The summed E-state index contributed by atoms with van der Waals surface area (Å²) in [6.45, 7) is 4.41. The second kappa shape index (κ2) is 6.53. The maximum Gasteiger partial charge on any atom is 0.231 e. The average Bonchev–Trinajstić information content (AvgIpc) is 3.38. The van der Waals surface area contributed by atoms with Crippen molar-refractivity contribution in [3.63, 3.8) is 0 Å². The lowest BCUT2D eigenvalue weighted by Crippen LogP contribution is -2.29. The number of ether oxygens (including phenoxy) is 2. The topological polar surface area (TPSA) is 62.4 Å². The first-order valence-corrected chi connectivity index (χ1v) is 9.59. The van der Waals surface area contributed by atoms with Gasteiger partial charge in [-0.05, 0) is 62.0 Å². The van der Waals surface area contributed by atoms with Crippen molar-refractivity contribution in [3.8, 4) is 11.5 Å². The number of aryl methyl sites for hydroxylation is 2. The fourth-order valence-electron chi connectivity index (χ4n) is 4.04. The molecule has 2 aromatic heterocycles. The molecule has 2 aliphatic rings. The Morgan fingerprint density at radius 2 is 1.96 bits per heavy atom. The molecule has 2 N–H and O–H groups in total. The summed E-state index contributed by atoms with van der Waals surface area (Å²) in [4.78, 5) is 10.2. The zero-order valence-electron chi connectivity index (χ0n) is 15.6. The first-order chi connectivity index (χ1) is 13.6. The van der Waals surface area contributed by atoms with Gasteiger partial charge in [-0.25, -0.2) is 0 Å². The van der Waals surface area contributed by atoms with Crippen LogP contribution in [-0.2, 0) is 0 Å². The summed E-state index contributed by atoms with van der Waals surface area (Å²) in [5.74, 6) is 1.50. The van der Waals surface area contributed by atoms with Gasteiger partial charge in [-0.3, -0.25) is 4.98 Å². The van der Waals surface area contributed by atoms with E-state index in [1.807, 2.05) is 42.6 Å². The second-order valence-corrected chi connectivity index (χ2v) is 7.45. The van der Waals surface area contributed by atoms with Crippen LogP contribution in [-0.4, -0.2) is 21.9 Å². The summed E-state index contributed by atoms with van der Waals surface area (Å²) < 4.78 is 11.0. The Hall–Kier alpha value is -3.06. The molecular formula is C21H20N4O2S. The molecule has 28 heavy (non-hydrogen) atoms. The lowest BCUT2D eigenvalue weighted by atomic mass is 9.96. The Morgan fingerprint density at radius 1 is 1.11 bits per heavy atom. The van der Waals surface area contributed by atoms with Gasteiger partial charge < -0.3 is 24.7 Å². The number of anilines is 1. The minimum absolute atomic E-state index is 0.0345. The van der Waals surface area contributed by atoms with E-state index in [1.54, 1.807) is 0 Å². The third-order valence-corrected chi connectivity index (χ3v) is 5.56. The van der Waals surface area contributed by atoms with Gasteiger partial charge in [0.25, 0.3) is 0 Å². The number of nitrogens with zero attached hydrogens (tertiary/aromatic N) is 2. The number of hydrogen-bond acceptors (Lipinski definition) is 4. The number of rotatable bonds is 3. The smallest absolute Gasteiger partial charge is 0.231 e. The molecule has 0 radical (unpaired) electrons. The van der Waals surface area contributed by atoms with E-state index in [0.717, 1.165) is 34.3 Å². The maximum absolute atomic E-state index is 5.76. The first-order valence-electron chi connectivity index (χ1n) is 9.18. The van der Waals surface area contributed by atoms with Gasteiger partial charge in [-0.2, -0.15) is 0 Å². The number of pyridine rings is 1. The third kappa shape index (κ3) is 2.70. The van der Waals surface area contributed by atoms with Crippen molar-refractivity contribution in [2.45, 2.75) is 25.9 Å². The number of hydrogen-bond donors (Lipinski definition) is 2. The van der Waals surface area contributed by atoms with E-state index in [9.17, 15) is 0 Å². The number of aromatic amines is 1. The van der Waals surface area contributed by atoms with Crippen LogP contribution in [0.15, 0.2) is 48.7 Å². The van der Waals surface area contributed by atoms with E-state index in [0.29, 0.717) is 5.11 Å².